The van der Waals surface area contributed by atoms with Crippen LogP contribution in [0.2, 0.25) is 0 Å². The molecule has 0 aliphatic rings. The number of rotatable bonds is 6. The molecule has 0 aromatic heterocycles. The Balaban J connectivity index is 2.31. The fourth-order valence-corrected chi connectivity index (χ4v) is 1.93. The molecular weight excluding hydrogens is 292 g/mol. The van der Waals surface area contributed by atoms with Crippen LogP contribution in [0.1, 0.15) is 38.8 Å². The van der Waals surface area contributed by atoms with Crippen LogP contribution >= 0.6 is 15.9 Å². The Morgan fingerprint density at radius 3 is 2.39 bits per heavy atom. The Morgan fingerprint density at radius 1 is 1.22 bits per heavy atom. The number of hydrogen-bond acceptors (Lipinski definition) is 2. The Labute approximate surface area is 117 Å². The fraction of sp³-hybridized carbons (Fsp3) is 0.500. The van der Waals surface area contributed by atoms with Gasteiger partial charge in [-0.2, -0.15) is 0 Å². The van der Waals surface area contributed by atoms with Crippen molar-refractivity contribution < 1.29 is 4.79 Å². The average Bonchev–Trinajstić information content (AvgIpc) is 2.28. The summed E-state index contributed by atoms with van der Waals surface area (Å²) in [6.45, 7) is 6.73. The maximum absolute atomic E-state index is 11.5. The average molecular weight is 313 g/mol. The highest BCUT2D eigenvalue weighted by molar-refractivity contribution is 9.10. The van der Waals surface area contributed by atoms with Crippen LogP contribution in [0.15, 0.2) is 28.7 Å². The van der Waals surface area contributed by atoms with Crippen molar-refractivity contribution in [3.8, 4) is 0 Å². The highest BCUT2D eigenvalue weighted by Gasteiger charge is 2.06. The third-order valence-electron chi connectivity index (χ3n) is 2.62. The maximum atomic E-state index is 11.5. The van der Waals surface area contributed by atoms with E-state index < -0.39 is 0 Å². The molecule has 0 radical (unpaired) electrons. The lowest BCUT2D eigenvalue weighted by atomic mass is 10.1. The highest BCUT2D eigenvalue weighted by Crippen LogP contribution is 2.16. The molecular formula is C14H21BrN2O. The standard InChI is InChI=1S/C14H21BrN2O/c1-10(2)17-14(18)8-9-16-11(3)12-4-6-13(15)7-5-12/h4-7,10-11,16H,8-9H2,1-3H3,(H,17,18). The Bertz CT molecular complexity index is 376. The van der Waals surface area contributed by atoms with Crippen LogP contribution in [0.25, 0.3) is 0 Å². The van der Waals surface area contributed by atoms with E-state index >= 15 is 0 Å². The monoisotopic (exact) mass is 312 g/mol. The second-order valence-electron chi connectivity index (χ2n) is 4.70. The Hall–Kier alpha value is -0.870. The summed E-state index contributed by atoms with van der Waals surface area (Å²) in [5.41, 5.74) is 1.22. The van der Waals surface area contributed by atoms with Crippen LogP contribution in [0.4, 0.5) is 0 Å². The summed E-state index contributed by atoms with van der Waals surface area (Å²) < 4.78 is 1.08. The molecule has 2 N–H and O–H groups in total. The third-order valence-corrected chi connectivity index (χ3v) is 3.15. The van der Waals surface area contributed by atoms with E-state index in [-0.39, 0.29) is 18.0 Å². The van der Waals surface area contributed by atoms with Gasteiger partial charge in [0, 0.05) is 29.5 Å². The van der Waals surface area contributed by atoms with Crippen molar-refractivity contribution in [2.24, 2.45) is 0 Å². The van der Waals surface area contributed by atoms with E-state index in [2.05, 4.69) is 45.6 Å². The van der Waals surface area contributed by atoms with Crippen molar-refractivity contribution in [2.75, 3.05) is 6.54 Å². The van der Waals surface area contributed by atoms with Crippen molar-refractivity contribution in [1.29, 1.82) is 0 Å². The van der Waals surface area contributed by atoms with Gasteiger partial charge in [0.05, 0.1) is 0 Å². The third kappa shape index (κ3) is 5.65. The first-order valence-corrected chi connectivity index (χ1v) is 7.06. The van der Waals surface area contributed by atoms with Gasteiger partial charge in [0.15, 0.2) is 0 Å². The van der Waals surface area contributed by atoms with Gasteiger partial charge >= 0.3 is 0 Å². The van der Waals surface area contributed by atoms with Gasteiger partial charge in [-0.15, -0.1) is 0 Å². The SMILES string of the molecule is CC(C)NC(=O)CCNC(C)c1ccc(Br)cc1. The van der Waals surface area contributed by atoms with Crippen LogP contribution < -0.4 is 10.6 Å². The van der Waals surface area contributed by atoms with Crippen molar-refractivity contribution >= 4 is 21.8 Å². The minimum atomic E-state index is 0.0977. The topological polar surface area (TPSA) is 41.1 Å². The normalized spacial score (nSPS) is 12.5. The molecule has 1 unspecified atom stereocenters. The Morgan fingerprint density at radius 2 is 1.83 bits per heavy atom. The predicted octanol–water partition coefficient (Wildman–Crippen LogP) is 3.01. The summed E-state index contributed by atoms with van der Waals surface area (Å²) >= 11 is 3.42. The smallest absolute Gasteiger partial charge is 0.221 e. The molecule has 1 aromatic rings. The van der Waals surface area contributed by atoms with Gasteiger partial charge in [0.25, 0.3) is 0 Å². The first-order chi connectivity index (χ1) is 8.49. The summed E-state index contributed by atoms with van der Waals surface area (Å²) in [6, 6.07) is 8.68. The molecule has 1 rings (SSSR count). The van der Waals surface area contributed by atoms with Gasteiger partial charge in [-0.05, 0) is 38.5 Å². The summed E-state index contributed by atoms with van der Waals surface area (Å²) in [5, 5.41) is 6.22. The van der Waals surface area contributed by atoms with E-state index in [0.717, 1.165) is 4.47 Å². The lowest BCUT2D eigenvalue weighted by molar-refractivity contribution is -0.121. The molecule has 1 atom stereocenters. The zero-order valence-corrected chi connectivity index (χ0v) is 12.8. The second kappa shape index (κ2) is 7.54. The van der Waals surface area contributed by atoms with E-state index in [1.165, 1.54) is 5.56 Å². The lowest BCUT2D eigenvalue weighted by Crippen LogP contribution is -2.33. The predicted molar refractivity (Wildman–Crippen MR) is 78.5 cm³/mol. The first kappa shape index (κ1) is 15.2. The van der Waals surface area contributed by atoms with Gasteiger partial charge in [-0.1, -0.05) is 28.1 Å². The number of amides is 1. The number of carbonyl (C=O) groups is 1. The van der Waals surface area contributed by atoms with Crippen LogP contribution in [-0.4, -0.2) is 18.5 Å². The minimum Gasteiger partial charge on any atom is -0.354 e. The van der Waals surface area contributed by atoms with E-state index in [0.29, 0.717) is 13.0 Å². The zero-order valence-electron chi connectivity index (χ0n) is 11.2. The molecule has 18 heavy (non-hydrogen) atoms. The van der Waals surface area contributed by atoms with E-state index in [1.54, 1.807) is 0 Å². The van der Waals surface area contributed by atoms with E-state index in [1.807, 2.05) is 26.0 Å². The van der Waals surface area contributed by atoms with Crippen molar-refractivity contribution in [3.05, 3.63) is 34.3 Å². The van der Waals surface area contributed by atoms with Crippen LogP contribution in [0, 0.1) is 0 Å². The second-order valence-corrected chi connectivity index (χ2v) is 5.62. The van der Waals surface area contributed by atoms with Crippen LogP contribution in [0.3, 0.4) is 0 Å². The summed E-state index contributed by atoms with van der Waals surface area (Å²) in [6.07, 6.45) is 0.513. The number of halogens is 1. The van der Waals surface area contributed by atoms with Gasteiger partial charge in [-0.3, -0.25) is 4.79 Å². The molecule has 0 fully saturated rings. The molecule has 0 saturated heterocycles. The quantitative estimate of drug-likeness (QED) is 0.847. The van der Waals surface area contributed by atoms with Crippen LogP contribution in [-0.2, 0) is 4.79 Å². The van der Waals surface area contributed by atoms with Gasteiger partial charge in [0.1, 0.15) is 0 Å². The number of carbonyl (C=O) groups excluding carboxylic acids is 1. The molecule has 1 amide bonds. The number of hydrogen-bond donors (Lipinski definition) is 2. The largest absolute Gasteiger partial charge is 0.354 e. The minimum absolute atomic E-state index is 0.0977. The van der Waals surface area contributed by atoms with Crippen LogP contribution in [0.5, 0.6) is 0 Å². The zero-order chi connectivity index (χ0) is 13.5. The van der Waals surface area contributed by atoms with E-state index in [4.69, 9.17) is 0 Å². The molecule has 0 aliphatic heterocycles. The molecule has 3 nitrogen and oxygen atoms in total. The van der Waals surface area contributed by atoms with Gasteiger partial charge in [0.2, 0.25) is 5.91 Å². The molecule has 0 saturated carbocycles. The number of nitrogens with one attached hydrogen (secondary N) is 2. The van der Waals surface area contributed by atoms with Gasteiger partial charge < -0.3 is 10.6 Å². The molecule has 1 aromatic carbocycles. The van der Waals surface area contributed by atoms with Gasteiger partial charge in [-0.25, -0.2) is 0 Å². The number of benzene rings is 1. The molecule has 0 spiro atoms. The molecule has 4 heteroatoms. The maximum Gasteiger partial charge on any atom is 0.221 e. The summed E-state index contributed by atoms with van der Waals surface area (Å²) in [5.74, 6) is 0.0977. The lowest BCUT2D eigenvalue weighted by Gasteiger charge is -2.14. The summed E-state index contributed by atoms with van der Waals surface area (Å²) in [4.78, 5) is 11.5. The highest BCUT2D eigenvalue weighted by atomic mass is 79.9. The Kier molecular flexibility index (Phi) is 6.36. The molecule has 0 heterocycles. The van der Waals surface area contributed by atoms with Crippen molar-refractivity contribution in [1.82, 2.24) is 10.6 Å². The first-order valence-electron chi connectivity index (χ1n) is 6.27. The molecule has 0 bridgehead atoms. The van der Waals surface area contributed by atoms with E-state index in [9.17, 15) is 4.79 Å². The molecule has 100 valence electrons. The van der Waals surface area contributed by atoms with Crippen molar-refractivity contribution in [2.45, 2.75) is 39.3 Å². The summed E-state index contributed by atoms with van der Waals surface area (Å²) in [7, 11) is 0. The molecule has 0 aliphatic carbocycles. The van der Waals surface area contributed by atoms with Crippen molar-refractivity contribution in [3.63, 3.8) is 0 Å². The fourth-order valence-electron chi connectivity index (χ4n) is 1.67.